The van der Waals surface area contributed by atoms with Gasteiger partial charge in [-0.3, -0.25) is 14.7 Å². The highest BCUT2D eigenvalue weighted by Crippen LogP contribution is 2.34. The Bertz CT molecular complexity index is 1170. The van der Waals surface area contributed by atoms with Crippen LogP contribution in [0, 0.1) is 0 Å². The van der Waals surface area contributed by atoms with Gasteiger partial charge in [0.05, 0.1) is 29.4 Å². The van der Waals surface area contributed by atoms with Gasteiger partial charge in [0.15, 0.2) is 5.76 Å². The molecular weight excluding hydrogens is 388 g/mol. The Morgan fingerprint density at radius 1 is 0.935 bits per heavy atom. The average molecular weight is 412 g/mol. The maximum absolute atomic E-state index is 12.6. The molecule has 2 aromatic heterocycles. The molecule has 0 spiro atoms. The van der Waals surface area contributed by atoms with Crippen LogP contribution in [-0.4, -0.2) is 42.0 Å². The van der Waals surface area contributed by atoms with E-state index in [1.807, 2.05) is 18.2 Å². The molecule has 6 heteroatoms. The van der Waals surface area contributed by atoms with E-state index in [1.54, 1.807) is 18.3 Å². The summed E-state index contributed by atoms with van der Waals surface area (Å²) in [7, 11) is 0. The van der Waals surface area contributed by atoms with Crippen LogP contribution in [0.5, 0.6) is 0 Å². The average Bonchev–Trinajstić information content (AvgIpc) is 3.36. The molecule has 0 aliphatic carbocycles. The Morgan fingerprint density at radius 2 is 1.71 bits per heavy atom. The number of hydrogen-bond donors (Lipinski definition) is 1. The number of furan rings is 1. The summed E-state index contributed by atoms with van der Waals surface area (Å²) in [6.45, 7) is 4.62. The molecule has 0 unspecified atom stereocenters. The van der Waals surface area contributed by atoms with Crippen LogP contribution in [0.4, 0.5) is 11.4 Å². The van der Waals surface area contributed by atoms with Crippen molar-refractivity contribution in [2.24, 2.45) is 0 Å². The van der Waals surface area contributed by atoms with Gasteiger partial charge in [-0.25, -0.2) is 0 Å². The lowest BCUT2D eigenvalue weighted by Gasteiger charge is -2.37. The Morgan fingerprint density at radius 3 is 2.48 bits per heavy atom. The van der Waals surface area contributed by atoms with Crippen LogP contribution in [0.1, 0.15) is 16.1 Å². The number of anilines is 2. The normalized spacial score (nSPS) is 14.6. The number of nitrogens with one attached hydrogen (secondary N) is 1. The Kier molecular flexibility index (Phi) is 5.37. The molecule has 5 rings (SSSR count). The van der Waals surface area contributed by atoms with E-state index in [1.165, 1.54) is 11.8 Å². The van der Waals surface area contributed by atoms with Crippen molar-refractivity contribution in [1.29, 1.82) is 0 Å². The zero-order valence-corrected chi connectivity index (χ0v) is 17.2. The zero-order valence-electron chi connectivity index (χ0n) is 17.2. The molecule has 1 amide bonds. The smallest absolute Gasteiger partial charge is 0.291 e. The second-order valence-electron chi connectivity index (χ2n) is 7.72. The van der Waals surface area contributed by atoms with Gasteiger partial charge >= 0.3 is 0 Å². The summed E-state index contributed by atoms with van der Waals surface area (Å²) >= 11 is 0. The molecule has 1 aliphatic heterocycles. The minimum atomic E-state index is -0.272. The first-order valence-electron chi connectivity index (χ1n) is 10.5. The van der Waals surface area contributed by atoms with Crippen molar-refractivity contribution in [2.45, 2.75) is 6.54 Å². The second-order valence-corrected chi connectivity index (χ2v) is 7.72. The molecule has 0 bridgehead atoms. The number of benzene rings is 2. The summed E-state index contributed by atoms with van der Waals surface area (Å²) in [5.74, 6) is 0.0119. The van der Waals surface area contributed by atoms with Crippen molar-refractivity contribution in [3.05, 3.63) is 90.5 Å². The molecule has 1 N–H and O–H groups in total. The van der Waals surface area contributed by atoms with E-state index in [-0.39, 0.29) is 11.7 Å². The number of hydrogen-bond acceptors (Lipinski definition) is 5. The van der Waals surface area contributed by atoms with Crippen LogP contribution >= 0.6 is 0 Å². The van der Waals surface area contributed by atoms with E-state index >= 15 is 0 Å². The lowest BCUT2D eigenvalue weighted by Crippen LogP contribution is -2.46. The number of para-hydroxylation sites is 1. The maximum Gasteiger partial charge on any atom is 0.291 e. The number of pyridine rings is 1. The predicted molar refractivity (Wildman–Crippen MR) is 122 cm³/mol. The van der Waals surface area contributed by atoms with Gasteiger partial charge in [0.1, 0.15) is 0 Å². The second kappa shape index (κ2) is 8.62. The van der Waals surface area contributed by atoms with Crippen molar-refractivity contribution in [2.75, 3.05) is 36.4 Å². The van der Waals surface area contributed by atoms with E-state index in [2.05, 4.69) is 56.5 Å². The van der Waals surface area contributed by atoms with E-state index in [0.29, 0.717) is 5.69 Å². The fourth-order valence-electron chi connectivity index (χ4n) is 4.12. The van der Waals surface area contributed by atoms with Crippen LogP contribution in [0.15, 0.2) is 83.6 Å². The summed E-state index contributed by atoms with van der Waals surface area (Å²) in [5.41, 5.74) is 3.97. The minimum absolute atomic E-state index is 0.272. The minimum Gasteiger partial charge on any atom is -0.459 e. The van der Waals surface area contributed by atoms with Gasteiger partial charge in [0.2, 0.25) is 0 Å². The van der Waals surface area contributed by atoms with E-state index in [0.717, 1.165) is 49.3 Å². The summed E-state index contributed by atoms with van der Waals surface area (Å²) in [6, 6.07) is 22.0. The molecule has 6 nitrogen and oxygen atoms in total. The van der Waals surface area contributed by atoms with E-state index < -0.39 is 0 Å². The Hall–Kier alpha value is -3.64. The highest BCUT2D eigenvalue weighted by atomic mass is 16.3. The number of carbonyl (C=O) groups excluding carboxylic acids is 1. The highest BCUT2D eigenvalue weighted by Gasteiger charge is 2.23. The summed E-state index contributed by atoms with van der Waals surface area (Å²) < 4.78 is 5.26. The van der Waals surface area contributed by atoms with Crippen molar-refractivity contribution in [3.63, 3.8) is 0 Å². The number of rotatable bonds is 5. The molecule has 156 valence electrons. The van der Waals surface area contributed by atoms with Crippen LogP contribution in [0.25, 0.3) is 10.9 Å². The standard InChI is InChI=1S/C25H24N4O2/c30-25(23-11-6-16-31-23)27-22-17-26-21-10-5-4-9-20(21)24(22)29-14-12-28(13-15-29)18-19-7-2-1-3-8-19/h1-11,16-17H,12-15,18H2,(H,27,30). The third-order valence-electron chi connectivity index (χ3n) is 5.68. The summed E-state index contributed by atoms with van der Waals surface area (Å²) in [6.07, 6.45) is 3.25. The lowest BCUT2D eigenvalue weighted by atomic mass is 10.1. The van der Waals surface area contributed by atoms with E-state index in [9.17, 15) is 4.79 Å². The Balaban J connectivity index is 1.40. The summed E-state index contributed by atoms with van der Waals surface area (Å²) in [5, 5.41) is 4.04. The van der Waals surface area contributed by atoms with Crippen LogP contribution in [0.3, 0.4) is 0 Å². The van der Waals surface area contributed by atoms with E-state index in [4.69, 9.17) is 4.42 Å². The molecular formula is C25H24N4O2. The Labute approximate surface area is 181 Å². The van der Waals surface area contributed by atoms with Crippen molar-refractivity contribution >= 4 is 28.2 Å². The number of amides is 1. The number of fused-ring (bicyclic) bond motifs is 1. The first-order chi connectivity index (χ1) is 15.3. The van der Waals surface area contributed by atoms with Crippen LogP contribution < -0.4 is 10.2 Å². The number of nitrogens with zero attached hydrogens (tertiary/aromatic N) is 3. The molecule has 0 radical (unpaired) electrons. The van der Waals surface area contributed by atoms with Gasteiger partial charge in [-0.1, -0.05) is 48.5 Å². The zero-order chi connectivity index (χ0) is 21.0. The largest absolute Gasteiger partial charge is 0.459 e. The molecule has 4 aromatic rings. The fraction of sp³-hybridized carbons (Fsp3) is 0.200. The van der Waals surface area contributed by atoms with Crippen molar-refractivity contribution < 1.29 is 9.21 Å². The van der Waals surface area contributed by atoms with Gasteiger partial charge in [-0.15, -0.1) is 0 Å². The number of aromatic nitrogens is 1. The first kappa shape index (κ1) is 19.3. The molecule has 3 heterocycles. The first-order valence-corrected chi connectivity index (χ1v) is 10.5. The van der Waals surface area contributed by atoms with Gasteiger partial charge < -0.3 is 14.6 Å². The molecule has 0 saturated carbocycles. The lowest BCUT2D eigenvalue weighted by molar-refractivity contribution is 0.0996. The molecule has 31 heavy (non-hydrogen) atoms. The number of piperazine rings is 1. The quantitative estimate of drug-likeness (QED) is 0.526. The topological polar surface area (TPSA) is 61.6 Å². The molecule has 2 aromatic carbocycles. The predicted octanol–water partition coefficient (Wildman–Crippen LogP) is 4.40. The molecule has 1 saturated heterocycles. The van der Waals surface area contributed by atoms with Crippen LogP contribution in [-0.2, 0) is 6.54 Å². The van der Waals surface area contributed by atoms with Gasteiger partial charge in [-0.2, -0.15) is 0 Å². The molecule has 0 atom stereocenters. The van der Waals surface area contributed by atoms with Gasteiger partial charge in [0, 0.05) is 38.1 Å². The highest BCUT2D eigenvalue weighted by molar-refractivity contribution is 6.08. The van der Waals surface area contributed by atoms with Gasteiger partial charge in [0.25, 0.3) is 5.91 Å². The summed E-state index contributed by atoms with van der Waals surface area (Å²) in [4.78, 5) is 22.0. The molecule has 1 aliphatic rings. The van der Waals surface area contributed by atoms with Crippen molar-refractivity contribution in [3.8, 4) is 0 Å². The third-order valence-corrected chi connectivity index (χ3v) is 5.68. The van der Waals surface area contributed by atoms with Gasteiger partial charge in [-0.05, 0) is 23.8 Å². The van der Waals surface area contributed by atoms with Crippen molar-refractivity contribution in [1.82, 2.24) is 9.88 Å². The fourth-order valence-corrected chi connectivity index (χ4v) is 4.12. The maximum atomic E-state index is 12.6. The SMILES string of the molecule is O=C(Nc1cnc2ccccc2c1N1CCN(Cc2ccccc2)CC1)c1ccco1. The monoisotopic (exact) mass is 412 g/mol. The third kappa shape index (κ3) is 4.15. The molecule has 1 fully saturated rings. The number of carbonyl (C=O) groups is 1. The van der Waals surface area contributed by atoms with Crippen LogP contribution in [0.2, 0.25) is 0 Å².